The standard InChI is InChI=1S/C16H20FNO/c1-4-18-12(3)9-14-7-8-16(19-14)15-10-13(17)6-5-11(15)2/h5-8,10,12,18H,4,9H2,1-3H3. The molecule has 2 aromatic rings. The first-order chi connectivity index (χ1) is 9.10. The molecule has 0 spiro atoms. The van der Waals surface area contributed by atoms with Gasteiger partial charge in [-0.05, 0) is 50.2 Å². The van der Waals surface area contributed by atoms with Crippen molar-refractivity contribution < 1.29 is 8.81 Å². The largest absolute Gasteiger partial charge is 0.461 e. The van der Waals surface area contributed by atoms with Crippen LogP contribution in [0, 0.1) is 12.7 Å². The minimum Gasteiger partial charge on any atom is -0.461 e. The minimum absolute atomic E-state index is 0.237. The van der Waals surface area contributed by atoms with E-state index < -0.39 is 0 Å². The van der Waals surface area contributed by atoms with Crippen molar-refractivity contribution in [3.05, 3.63) is 47.5 Å². The molecular weight excluding hydrogens is 241 g/mol. The zero-order valence-electron chi connectivity index (χ0n) is 11.7. The Morgan fingerprint density at radius 3 is 2.79 bits per heavy atom. The second kappa shape index (κ2) is 6.02. The number of furan rings is 1. The van der Waals surface area contributed by atoms with E-state index in [4.69, 9.17) is 4.42 Å². The van der Waals surface area contributed by atoms with E-state index in [1.165, 1.54) is 12.1 Å². The first kappa shape index (κ1) is 13.8. The van der Waals surface area contributed by atoms with Gasteiger partial charge in [-0.15, -0.1) is 0 Å². The molecule has 1 aromatic heterocycles. The number of likely N-dealkylation sites (N-methyl/N-ethyl adjacent to an activating group) is 1. The number of aryl methyl sites for hydroxylation is 1. The quantitative estimate of drug-likeness (QED) is 0.882. The minimum atomic E-state index is -0.237. The number of nitrogens with one attached hydrogen (secondary N) is 1. The molecule has 1 atom stereocenters. The summed E-state index contributed by atoms with van der Waals surface area (Å²) >= 11 is 0. The average Bonchev–Trinajstić information content (AvgIpc) is 2.81. The van der Waals surface area contributed by atoms with Gasteiger partial charge in [-0.3, -0.25) is 0 Å². The van der Waals surface area contributed by atoms with Crippen LogP contribution in [0.1, 0.15) is 25.2 Å². The fourth-order valence-corrected chi connectivity index (χ4v) is 2.21. The summed E-state index contributed by atoms with van der Waals surface area (Å²) in [4.78, 5) is 0. The second-order valence-electron chi connectivity index (χ2n) is 4.89. The van der Waals surface area contributed by atoms with Crippen molar-refractivity contribution in [2.45, 2.75) is 33.2 Å². The highest BCUT2D eigenvalue weighted by molar-refractivity contribution is 5.62. The number of hydrogen-bond acceptors (Lipinski definition) is 2. The van der Waals surface area contributed by atoms with E-state index in [2.05, 4.69) is 19.2 Å². The van der Waals surface area contributed by atoms with E-state index in [1.54, 1.807) is 6.07 Å². The van der Waals surface area contributed by atoms with Gasteiger partial charge in [0.2, 0.25) is 0 Å². The van der Waals surface area contributed by atoms with Crippen LogP contribution in [0.2, 0.25) is 0 Å². The third-order valence-electron chi connectivity index (χ3n) is 3.19. The summed E-state index contributed by atoms with van der Waals surface area (Å²) in [6, 6.07) is 9.01. The molecular formula is C16H20FNO. The Hall–Kier alpha value is -1.61. The maximum atomic E-state index is 13.3. The van der Waals surface area contributed by atoms with Crippen LogP contribution in [0.5, 0.6) is 0 Å². The molecule has 3 heteroatoms. The zero-order chi connectivity index (χ0) is 13.8. The fourth-order valence-electron chi connectivity index (χ4n) is 2.21. The molecule has 1 heterocycles. The highest BCUT2D eigenvalue weighted by atomic mass is 19.1. The van der Waals surface area contributed by atoms with Gasteiger partial charge in [0.25, 0.3) is 0 Å². The number of rotatable bonds is 5. The predicted molar refractivity (Wildman–Crippen MR) is 75.7 cm³/mol. The monoisotopic (exact) mass is 261 g/mol. The topological polar surface area (TPSA) is 25.2 Å². The maximum Gasteiger partial charge on any atom is 0.134 e. The highest BCUT2D eigenvalue weighted by Crippen LogP contribution is 2.26. The van der Waals surface area contributed by atoms with Crippen LogP contribution >= 0.6 is 0 Å². The summed E-state index contributed by atoms with van der Waals surface area (Å²) < 4.78 is 19.1. The van der Waals surface area contributed by atoms with Gasteiger partial charge in [0.15, 0.2) is 0 Å². The summed E-state index contributed by atoms with van der Waals surface area (Å²) in [6.07, 6.45) is 0.836. The lowest BCUT2D eigenvalue weighted by Crippen LogP contribution is -2.27. The Morgan fingerprint density at radius 2 is 2.05 bits per heavy atom. The molecule has 0 saturated carbocycles. The van der Waals surface area contributed by atoms with Crippen molar-refractivity contribution >= 4 is 0 Å². The van der Waals surface area contributed by atoms with Crippen LogP contribution in [0.15, 0.2) is 34.7 Å². The molecule has 2 nitrogen and oxygen atoms in total. The van der Waals surface area contributed by atoms with E-state index in [0.717, 1.165) is 35.6 Å². The van der Waals surface area contributed by atoms with E-state index in [-0.39, 0.29) is 5.82 Å². The third kappa shape index (κ3) is 3.44. The van der Waals surface area contributed by atoms with Crippen molar-refractivity contribution in [2.75, 3.05) is 6.54 Å². The molecule has 1 aromatic carbocycles. The fraction of sp³-hybridized carbons (Fsp3) is 0.375. The van der Waals surface area contributed by atoms with E-state index in [0.29, 0.717) is 6.04 Å². The molecule has 0 radical (unpaired) electrons. The van der Waals surface area contributed by atoms with Gasteiger partial charge in [0, 0.05) is 18.0 Å². The molecule has 102 valence electrons. The molecule has 1 N–H and O–H groups in total. The van der Waals surface area contributed by atoms with E-state index >= 15 is 0 Å². The predicted octanol–water partition coefficient (Wildman–Crippen LogP) is 3.93. The molecule has 0 aliphatic heterocycles. The average molecular weight is 261 g/mol. The molecule has 2 rings (SSSR count). The Balaban J connectivity index is 2.18. The lowest BCUT2D eigenvalue weighted by Gasteiger charge is -2.09. The van der Waals surface area contributed by atoms with Crippen molar-refractivity contribution in [2.24, 2.45) is 0 Å². The van der Waals surface area contributed by atoms with Crippen LogP contribution in [0.3, 0.4) is 0 Å². The van der Waals surface area contributed by atoms with Crippen LogP contribution in [0.25, 0.3) is 11.3 Å². The molecule has 0 aliphatic carbocycles. The molecule has 0 aliphatic rings. The van der Waals surface area contributed by atoms with Gasteiger partial charge in [0.05, 0.1) is 0 Å². The zero-order valence-corrected chi connectivity index (χ0v) is 11.7. The Kier molecular flexibility index (Phi) is 4.38. The lowest BCUT2D eigenvalue weighted by molar-refractivity contribution is 0.470. The SMILES string of the molecule is CCNC(C)Cc1ccc(-c2cc(F)ccc2C)o1. The molecule has 0 fully saturated rings. The number of benzene rings is 1. The van der Waals surface area contributed by atoms with Crippen LogP contribution in [0.4, 0.5) is 4.39 Å². The third-order valence-corrected chi connectivity index (χ3v) is 3.19. The summed E-state index contributed by atoms with van der Waals surface area (Å²) in [5.74, 6) is 1.42. The van der Waals surface area contributed by atoms with Crippen molar-refractivity contribution in [3.8, 4) is 11.3 Å². The van der Waals surface area contributed by atoms with Gasteiger partial charge < -0.3 is 9.73 Å². The molecule has 19 heavy (non-hydrogen) atoms. The van der Waals surface area contributed by atoms with Crippen molar-refractivity contribution in [1.29, 1.82) is 0 Å². The Bertz CT molecular complexity index is 547. The lowest BCUT2D eigenvalue weighted by atomic mass is 10.1. The number of hydrogen-bond donors (Lipinski definition) is 1. The van der Waals surface area contributed by atoms with Crippen LogP contribution in [-0.4, -0.2) is 12.6 Å². The molecule has 1 unspecified atom stereocenters. The summed E-state index contributed by atoms with van der Waals surface area (Å²) in [6.45, 7) is 7.11. The van der Waals surface area contributed by atoms with Crippen molar-refractivity contribution in [1.82, 2.24) is 5.32 Å². The smallest absolute Gasteiger partial charge is 0.134 e. The van der Waals surface area contributed by atoms with Gasteiger partial charge in [-0.2, -0.15) is 0 Å². The summed E-state index contributed by atoms with van der Waals surface area (Å²) in [5.41, 5.74) is 1.84. The highest BCUT2D eigenvalue weighted by Gasteiger charge is 2.10. The summed E-state index contributed by atoms with van der Waals surface area (Å²) in [5, 5.41) is 3.34. The second-order valence-corrected chi connectivity index (χ2v) is 4.89. The van der Waals surface area contributed by atoms with Gasteiger partial charge >= 0.3 is 0 Å². The summed E-state index contributed by atoms with van der Waals surface area (Å²) in [7, 11) is 0. The molecule has 0 amide bonds. The first-order valence-electron chi connectivity index (χ1n) is 6.68. The Morgan fingerprint density at radius 1 is 1.26 bits per heavy atom. The van der Waals surface area contributed by atoms with Gasteiger partial charge in [-0.1, -0.05) is 13.0 Å². The van der Waals surface area contributed by atoms with E-state index in [9.17, 15) is 4.39 Å². The van der Waals surface area contributed by atoms with Crippen LogP contribution < -0.4 is 5.32 Å². The van der Waals surface area contributed by atoms with Gasteiger partial charge in [-0.25, -0.2) is 4.39 Å². The van der Waals surface area contributed by atoms with E-state index in [1.807, 2.05) is 19.1 Å². The Labute approximate surface area is 113 Å². The molecule has 0 saturated heterocycles. The maximum absolute atomic E-state index is 13.3. The van der Waals surface area contributed by atoms with Gasteiger partial charge in [0.1, 0.15) is 17.3 Å². The first-order valence-corrected chi connectivity index (χ1v) is 6.68. The molecule has 0 bridgehead atoms. The van der Waals surface area contributed by atoms with Crippen LogP contribution in [-0.2, 0) is 6.42 Å². The number of halogens is 1. The van der Waals surface area contributed by atoms with Crippen molar-refractivity contribution in [3.63, 3.8) is 0 Å². The normalized spacial score (nSPS) is 12.6.